The average Bonchev–Trinajstić information content (AvgIpc) is 2.55. The maximum Gasteiger partial charge on any atom is 0.343 e. The van der Waals surface area contributed by atoms with Gasteiger partial charge in [-0.15, -0.1) is 0 Å². The molecule has 0 aliphatic rings. The van der Waals surface area contributed by atoms with Gasteiger partial charge in [0.25, 0.3) is 0 Å². The van der Waals surface area contributed by atoms with E-state index in [0.29, 0.717) is 11.3 Å². The Balaban J connectivity index is 1.98. The lowest BCUT2D eigenvalue weighted by atomic mass is 10.1. The first-order valence-corrected chi connectivity index (χ1v) is 8.90. The first-order chi connectivity index (χ1) is 10.9. The van der Waals surface area contributed by atoms with Crippen molar-refractivity contribution in [1.82, 2.24) is 4.72 Å². The summed E-state index contributed by atoms with van der Waals surface area (Å²) in [6.45, 7) is 3.73. The highest BCUT2D eigenvalue weighted by molar-refractivity contribution is 7.89. The molecule has 0 atom stereocenters. The molecule has 0 radical (unpaired) electrons. The van der Waals surface area contributed by atoms with Gasteiger partial charge in [0.05, 0.1) is 11.3 Å². The molecule has 2 rings (SSSR count). The van der Waals surface area contributed by atoms with Crippen LogP contribution in [0, 0.1) is 6.92 Å². The molecule has 0 saturated heterocycles. The minimum atomic E-state index is -3.23. The van der Waals surface area contributed by atoms with Gasteiger partial charge in [0.1, 0.15) is 5.75 Å². The van der Waals surface area contributed by atoms with Crippen molar-refractivity contribution < 1.29 is 17.9 Å². The maximum atomic E-state index is 12.0. The van der Waals surface area contributed by atoms with Crippen LogP contribution in [0.3, 0.4) is 0 Å². The smallest absolute Gasteiger partial charge is 0.343 e. The van der Waals surface area contributed by atoms with E-state index in [1.54, 1.807) is 43.3 Å². The number of hydrogen-bond donors (Lipinski definition) is 1. The van der Waals surface area contributed by atoms with Crippen LogP contribution < -0.4 is 9.46 Å². The molecule has 0 fully saturated rings. The van der Waals surface area contributed by atoms with Gasteiger partial charge >= 0.3 is 5.97 Å². The lowest BCUT2D eigenvalue weighted by molar-refractivity contribution is 0.0734. The molecular formula is C17H19NO4S. The number of aryl methyl sites for hydroxylation is 1. The fourth-order valence-corrected chi connectivity index (χ4v) is 2.42. The van der Waals surface area contributed by atoms with E-state index in [0.717, 1.165) is 11.1 Å². The maximum absolute atomic E-state index is 12.0. The van der Waals surface area contributed by atoms with Gasteiger partial charge in [0, 0.05) is 6.54 Å². The van der Waals surface area contributed by atoms with Gasteiger partial charge in [0.15, 0.2) is 0 Å². The van der Waals surface area contributed by atoms with Gasteiger partial charge in [-0.25, -0.2) is 17.9 Å². The third-order valence-electron chi connectivity index (χ3n) is 3.30. The molecule has 0 aliphatic carbocycles. The number of carbonyl (C=O) groups is 1. The quantitative estimate of drug-likeness (QED) is 0.651. The molecule has 0 saturated carbocycles. The molecule has 0 heterocycles. The summed E-state index contributed by atoms with van der Waals surface area (Å²) in [5.41, 5.74) is 2.27. The van der Waals surface area contributed by atoms with E-state index in [1.165, 1.54) is 0 Å². The normalized spacial score (nSPS) is 11.2. The molecule has 0 unspecified atom stereocenters. The zero-order chi connectivity index (χ0) is 16.9. The Labute approximate surface area is 136 Å². The summed E-state index contributed by atoms with van der Waals surface area (Å²) in [4.78, 5) is 12.0. The average molecular weight is 333 g/mol. The first-order valence-electron chi connectivity index (χ1n) is 7.25. The van der Waals surface area contributed by atoms with Crippen LogP contribution in [0.4, 0.5) is 0 Å². The summed E-state index contributed by atoms with van der Waals surface area (Å²) < 4.78 is 30.5. The van der Waals surface area contributed by atoms with Crippen molar-refractivity contribution >= 4 is 16.0 Å². The Morgan fingerprint density at radius 2 is 1.65 bits per heavy atom. The second kappa shape index (κ2) is 7.39. The molecule has 0 spiro atoms. The summed E-state index contributed by atoms with van der Waals surface area (Å²) in [6.07, 6.45) is 0. The topological polar surface area (TPSA) is 72.5 Å². The Hall–Kier alpha value is -2.18. The molecule has 0 aliphatic heterocycles. The molecular weight excluding hydrogens is 314 g/mol. The van der Waals surface area contributed by atoms with Crippen molar-refractivity contribution in [2.24, 2.45) is 0 Å². The fraction of sp³-hybridized carbons (Fsp3) is 0.235. The molecule has 2 aromatic carbocycles. The van der Waals surface area contributed by atoms with E-state index >= 15 is 0 Å². The highest BCUT2D eigenvalue weighted by atomic mass is 32.2. The summed E-state index contributed by atoms with van der Waals surface area (Å²) >= 11 is 0. The van der Waals surface area contributed by atoms with Gasteiger partial charge in [-0.3, -0.25) is 0 Å². The second-order valence-corrected chi connectivity index (χ2v) is 7.22. The molecule has 1 N–H and O–H groups in total. The third kappa shape index (κ3) is 5.19. The van der Waals surface area contributed by atoms with E-state index in [4.69, 9.17) is 4.74 Å². The van der Waals surface area contributed by atoms with Crippen molar-refractivity contribution in [2.45, 2.75) is 20.4 Å². The summed E-state index contributed by atoms with van der Waals surface area (Å²) in [5.74, 6) is 0.0726. The van der Waals surface area contributed by atoms with Gasteiger partial charge in [0.2, 0.25) is 10.0 Å². The summed E-state index contributed by atoms with van der Waals surface area (Å²) in [5, 5.41) is 0. The Bertz CT molecular complexity index is 765. The van der Waals surface area contributed by atoms with Crippen LogP contribution in [-0.4, -0.2) is 20.1 Å². The van der Waals surface area contributed by atoms with Crippen molar-refractivity contribution in [3.63, 3.8) is 0 Å². The van der Waals surface area contributed by atoms with Crippen LogP contribution in [0.25, 0.3) is 0 Å². The summed E-state index contributed by atoms with van der Waals surface area (Å²) in [7, 11) is -3.23. The molecule has 0 aromatic heterocycles. The van der Waals surface area contributed by atoms with Gasteiger partial charge in [-0.2, -0.15) is 0 Å². The lowest BCUT2D eigenvalue weighted by Gasteiger charge is -2.07. The van der Waals surface area contributed by atoms with Crippen LogP contribution in [0.5, 0.6) is 5.75 Å². The van der Waals surface area contributed by atoms with Crippen molar-refractivity contribution in [3.05, 3.63) is 65.2 Å². The Morgan fingerprint density at radius 1 is 1.04 bits per heavy atom. The van der Waals surface area contributed by atoms with Crippen LogP contribution in [0.2, 0.25) is 0 Å². The SMILES string of the molecule is CCS(=O)(=O)NCc1ccc(C(=O)Oc2ccc(C)cc2)cc1. The Kier molecular flexibility index (Phi) is 5.52. The largest absolute Gasteiger partial charge is 0.423 e. The predicted molar refractivity (Wildman–Crippen MR) is 88.9 cm³/mol. The highest BCUT2D eigenvalue weighted by Crippen LogP contribution is 2.14. The molecule has 0 bridgehead atoms. The van der Waals surface area contributed by atoms with E-state index in [2.05, 4.69) is 4.72 Å². The van der Waals surface area contributed by atoms with E-state index in [1.807, 2.05) is 19.1 Å². The molecule has 23 heavy (non-hydrogen) atoms. The molecule has 5 nitrogen and oxygen atoms in total. The monoisotopic (exact) mass is 333 g/mol. The molecule has 2 aromatic rings. The summed E-state index contributed by atoms with van der Waals surface area (Å²) in [6, 6.07) is 13.8. The van der Waals surface area contributed by atoms with Crippen LogP contribution >= 0.6 is 0 Å². The van der Waals surface area contributed by atoms with Crippen LogP contribution in [-0.2, 0) is 16.6 Å². The van der Waals surface area contributed by atoms with Crippen molar-refractivity contribution in [2.75, 3.05) is 5.75 Å². The third-order valence-corrected chi connectivity index (χ3v) is 4.64. The fourth-order valence-electron chi connectivity index (χ4n) is 1.83. The number of rotatable bonds is 6. The number of carbonyl (C=O) groups excluding carboxylic acids is 1. The zero-order valence-corrected chi connectivity index (χ0v) is 13.9. The molecule has 6 heteroatoms. The van der Waals surface area contributed by atoms with E-state index in [9.17, 15) is 13.2 Å². The van der Waals surface area contributed by atoms with Gasteiger partial charge < -0.3 is 4.74 Å². The lowest BCUT2D eigenvalue weighted by Crippen LogP contribution is -2.24. The number of sulfonamides is 1. The van der Waals surface area contributed by atoms with E-state index in [-0.39, 0.29) is 12.3 Å². The van der Waals surface area contributed by atoms with Gasteiger partial charge in [-0.05, 0) is 43.7 Å². The number of ether oxygens (including phenoxy) is 1. The Morgan fingerprint density at radius 3 is 2.22 bits per heavy atom. The number of nitrogens with one attached hydrogen (secondary N) is 1. The second-order valence-electron chi connectivity index (χ2n) is 5.12. The van der Waals surface area contributed by atoms with Gasteiger partial charge in [-0.1, -0.05) is 29.8 Å². The zero-order valence-electron chi connectivity index (χ0n) is 13.1. The van der Waals surface area contributed by atoms with Crippen molar-refractivity contribution in [1.29, 1.82) is 0 Å². The molecule has 122 valence electrons. The van der Waals surface area contributed by atoms with Crippen LogP contribution in [0.15, 0.2) is 48.5 Å². The minimum Gasteiger partial charge on any atom is -0.423 e. The van der Waals surface area contributed by atoms with Crippen molar-refractivity contribution in [3.8, 4) is 5.75 Å². The minimum absolute atomic E-state index is 0.0357. The highest BCUT2D eigenvalue weighted by Gasteiger charge is 2.10. The van der Waals surface area contributed by atoms with E-state index < -0.39 is 16.0 Å². The number of benzene rings is 2. The first kappa shape index (κ1) is 17.2. The standard InChI is InChI=1S/C17H19NO4S/c1-3-23(20,21)18-12-14-6-8-15(9-7-14)17(19)22-16-10-4-13(2)5-11-16/h4-11,18H,3,12H2,1-2H3. The van der Waals surface area contributed by atoms with Crippen LogP contribution in [0.1, 0.15) is 28.4 Å². The molecule has 0 amide bonds. The number of esters is 1. The number of hydrogen-bond acceptors (Lipinski definition) is 4. The predicted octanol–water partition coefficient (Wildman–Crippen LogP) is 2.65.